The summed E-state index contributed by atoms with van der Waals surface area (Å²) in [5.74, 6) is 1.33. The molecule has 0 saturated heterocycles. The average molecular weight is 390 g/mol. The molecule has 2 aromatic carbocycles. The van der Waals surface area contributed by atoms with Gasteiger partial charge in [0.25, 0.3) is 0 Å². The van der Waals surface area contributed by atoms with Crippen LogP contribution in [0.5, 0.6) is 23.0 Å². The van der Waals surface area contributed by atoms with Gasteiger partial charge in [-0.3, -0.25) is 4.79 Å². The molecule has 2 aromatic rings. The lowest BCUT2D eigenvalue weighted by atomic mass is 10.1. The van der Waals surface area contributed by atoms with Crippen LogP contribution in [-0.2, 0) is 10.1 Å². The van der Waals surface area contributed by atoms with E-state index in [-0.39, 0.29) is 23.0 Å². The fourth-order valence-corrected chi connectivity index (χ4v) is 3.21. The number of hydrogen-bond acceptors (Lipinski definition) is 7. The van der Waals surface area contributed by atoms with Crippen LogP contribution in [0.25, 0.3) is 6.08 Å². The lowest BCUT2D eigenvalue weighted by molar-refractivity contribution is 0.101. The highest BCUT2D eigenvalue weighted by Gasteiger charge is 2.31. The number of methoxy groups -OCH3 is 2. The predicted molar refractivity (Wildman–Crippen MR) is 99.1 cm³/mol. The number of fused-ring (bicyclic) bond motifs is 1. The summed E-state index contributed by atoms with van der Waals surface area (Å²) in [6, 6.07) is 8.10. The molecule has 0 aliphatic carbocycles. The largest absolute Gasteiger partial charge is 0.497 e. The predicted octanol–water partition coefficient (Wildman–Crippen LogP) is 2.97. The molecule has 3 rings (SSSR count). The van der Waals surface area contributed by atoms with Crippen LogP contribution in [-0.4, -0.2) is 34.7 Å². The van der Waals surface area contributed by atoms with Gasteiger partial charge in [0.2, 0.25) is 5.78 Å². The summed E-state index contributed by atoms with van der Waals surface area (Å²) in [5, 5.41) is 0. The van der Waals surface area contributed by atoms with Crippen molar-refractivity contribution in [1.29, 1.82) is 0 Å². The molecular formula is C19H18O7S. The van der Waals surface area contributed by atoms with Crippen molar-refractivity contribution in [3.8, 4) is 23.0 Å². The summed E-state index contributed by atoms with van der Waals surface area (Å²) in [7, 11) is -0.628. The molecule has 27 heavy (non-hydrogen) atoms. The van der Waals surface area contributed by atoms with E-state index in [1.54, 1.807) is 38.3 Å². The third-order valence-electron chi connectivity index (χ3n) is 4.01. The smallest absolute Gasteiger partial charge is 0.306 e. The standard InChI is InChI=1S/C19H18O7S/c1-11-15(26-27(4,21)22)8-7-14-18(20)17(25-19(11)14)9-12-5-6-13(23-2)10-16(12)24-3/h5-10H,1-4H3/b17-9+. The van der Waals surface area contributed by atoms with Crippen molar-refractivity contribution in [1.82, 2.24) is 0 Å². The van der Waals surface area contributed by atoms with E-state index in [0.717, 1.165) is 6.26 Å². The number of hydrogen-bond donors (Lipinski definition) is 0. The van der Waals surface area contributed by atoms with Crippen LogP contribution in [0, 0.1) is 6.92 Å². The number of Topliss-reactive ketones (excluding diaryl/α,β-unsaturated/α-hetero) is 1. The highest BCUT2D eigenvalue weighted by molar-refractivity contribution is 7.86. The Morgan fingerprint density at radius 1 is 1.04 bits per heavy atom. The Labute approximate surface area is 157 Å². The van der Waals surface area contributed by atoms with Crippen molar-refractivity contribution in [2.24, 2.45) is 0 Å². The molecule has 0 N–H and O–H groups in total. The zero-order chi connectivity index (χ0) is 19.8. The highest BCUT2D eigenvalue weighted by Crippen LogP contribution is 2.40. The number of ketones is 1. The topological polar surface area (TPSA) is 88.1 Å². The van der Waals surface area contributed by atoms with Crippen LogP contribution >= 0.6 is 0 Å². The minimum atomic E-state index is -3.69. The second kappa shape index (κ2) is 6.96. The minimum Gasteiger partial charge on any atom is -0.497 e. The number of allylic oxidation sites excluding steroid dienone is 1. The maximum Gasteiger partial charge on any atom is 0.306 e. The average Bonchev–Trinajstić information content (AvgIpc) is 2.93. The zero-order valence-electron chi connectivity index (χ0n) is 15.2. The van der Waals surface area contributed by atoms with E-state index in [4.69, 9.17) is 18.4 Å². The fourth-order valence-electron chi connectivity index (χ4n) is 2.70. The molecule has 0 fully saturated rings. The third-order valence-corrected chi connectivity index (χ3v) is 4.49. The first-order chi connectivity index (χ1) is 12.7. The highest BCUT2D eigenvalue weighted by atomic mass is 32.2. The van der Waals surface area contributed by atoms with Crippen LogP contribution in [0.3, 0.4) is 0 Å². The zero-order valence-corrected chi connectivity index (χ0v) is 16.0. The van der Waals surface area contributed by atoms with Gasteiger partial charge in [-0.25, -0.2) is 0 Å². The lowest BCUT2D eigenvalue weighted by Crippen LogP contribution is -2.07. The van der Waals surface area contributed by atoms with Crippen LogP contribution in [0.2, 0.25) is 0 Å². The summed E-state index contributed by atoms with van der Waals surface area (Å²) < 4.78 is 43.9. The Morgan fingerprint density at radius 2 is 1.78 bits per heavy atom. The van der Waals surface area contributed by atoms with Gasteiger partial charge < -0.3 is 18.4 Å². The van der Waals surface area contributed by atoms with E-state index in [2.05, 4.69) is 0 Å². The molecule has 1 heterocycles. The molecule has 0 unspecified atom stereocenters. The van der Waals surface area contributed by atoms with Gasteiger partial charge in [-0.1, -0.05) is 0 Å². The Morgan fingerprint density at radius 3 is 2.41 bits per heavy atom. The number of carbonyl (C=O) groups is 1. The molecule has 0 atom stereocenters. The Hall–Kier alpha value is -3.00. The fraction of sp³-hybridized carbons (Fsp3) is 0.211. The maximum absolute atomic E-state index is 12.7. The van der Waals surface area contributed by atoms with Gasteiger partial charge in [-0.05, 0) is 37.3 Å². The monoisotopic (exact) mass is 390 g/mol. The van der Waals surface area contributed by atoms with Crippen LogP contribution in [0.4, 0.5) is 0 Å². The summed E-state index contributed by atoms with van der Waals surface area (Å²) >= 11 is 0. The lowest BCUT2D eigenvalue weighted by Gasteiger charge is -2.09. The molecule has 0 saturated carbocycles. The van der Waals surface area contributed by atoms with E-state index in [1.807, 2.05) is 0 Å². The van der Waals surface area contributed by atoms with Crippen molar-refractivity contribution in [2.45, 2.75) is 6.92 Å². The number of carbonyl (C=O) groups excluding carboxylic acids is 1. The van der Waals surface area contributed by atoms with Gasteiger partial charge in [-0.2, -0.15) is 8.42 Å². The minimum absolute atomic E-state index is 0.105. The molecule has 1 aliphatic heterocycles. The first-order valence-corrected chi connectivity index (χ1v) is 9.74. The van der Waals surface area contributed by atoms with Crippen LogP contribution < -0.4 is 18.4 Å². The number of ether oxygens (including phenoxy) is 3. The summed E-state index contributed by atoms with van der Waals surface area (Å²) in [5.41, 5.74) is 1.41. The summed E-state index contributed by atoms with van der Waals surface area (Å²) in [6.45, 7) is 1.63. The van der Waals surface area contributed by atoms with Crippen LogP contribution in [0.15, 0.2) is 36.1 Å². The normalized spacial score (nSPS) is 14.7. The summed E-state index contributed by atoms with van der Waals surface area (Å²) in [6.07, 6.45) is 2.52. The second-order valence-corrected chi connectivity index (χ2v) is 7.48. The number of rotatable bonds is 5. The van der Waals surface area contributed by atoms with Crippen molar-refractivity contribution in [2.75, 3.05) is 20.5 Å². The van der Waals surface area contributed by atoms with Gasteiger partial charge in [0.1, 0.15) is 23.0 Å². The van der Waals surface area contributed by atoms with Gasteiger partial charge in [0.05, 0.1) is 26.0 Å². The van der Waals surface area contributed by atoms with Gasteiger partial charge in [0.15, 0.2) is 5.76 Å². The van der Waals surface area contributed by atoms with Crippen molar-refractivity contribution >= 4 is 22.0 Å². The quantitative estimate of drug-likeness (QED) is 0.573. The Balaban J connectivity index is 2.00. The molecule has 142 valence electrons. The second-order valence-electron chi connectivity index (χ2n) is 5.90. The SMILES string of the molecule is COc1ccc(/C=C2/Oc3c(ccc(OS(C)(=O)=O)c3C)C2=O)c(OC)c1. The van der Waals surface area contributed by atoms with E-state index in [1.165, 1.54) is 19.2 Å². The van der Waals surface area contributed by atoms with Crippen molar-refractivity contribution in [3.05, 3.63) is 52.8 Å². The summed E-state index contributed by atoms with van der Waals surface area (Å²) in [4.78, 5) is 12.7. The van der Waals surface area contributed by atoms with E-state index in [9.17, 15) is 13.2 Å². The first kappa shape index (κ1) is 18.8. The molecule has 7 nitrogen and oxygen atoms in total. The van der Waals surface area contributed by atoms with Crippen molar-refractivity contribution in [3.63, 3.8) is 0 Å². The first-order valence-electron chi connectivity index (χ1n) is 7.93. The molecule has 0 radical (unpaired) electrons. The molecule has 0 spiro atoms. The molecule has 0 bridgehead atoms. The molecule has 1 aliphatic rings. The number of benzene rings is 2. The third kappa shape index (κ3) is 3.75. The molecular weight excluding hydrogens is 372 g/mol. The Bertz CT molecular complexity index is 1050. The van der Waals surface area contributed by atoms with E-state index >= 15 is 0 Å². The molecule has 0 amide bonds. The van der Waals surface area contributed by atoms with Gasteiger partial charge in [-0.15, -0.1) is 0 Å². The molecule has 0 aromatic heterocycles. The Kier molecular flexibility index (Phi) is 4.84. The van der Waals surface area contributed by atoms with Crippen LogP contribution in [0.1, 0.15) is 21.5 Å². The maximum atomic E-state index is 12.7. The van der Waals surface area contributed by atoms with E-state index < -0.39 is 10.1 Å². The molecule has 8 heteroatoms. The van der Waals surface area contributed by atoms with Gasteiger partial charge in [0, 0.05) is 17.2 Å². The van der Waals surface area contributed by atoms with Crippen molar-refractivity contribution < 1.29 is 31.6 Å². The van der Waals surface area contributed by atoms with E-state index in [0.29, 0.717) is 28.2 Å². The van der Waals surface area contributed by atoms with Gasteiger partial charge >= 0.3 is 10.1 Å².